The van der Waals surface area contributed by atoms with Gasteiger partial charge in [0.05, 0.1) is 5.02 Å². The highest BCUT2D eigenvalue weighted by molar-refractivity contribution is 6.31. The Morgan fingerprint density at radius 3 is 2.89 bits per heavy atom. The van der Waals surface area contributed by atoms with Crippen LogP contribution in [-0.2, 0) is 6.42 Å². The van der Waals surface area contributed by atoms with E-state index in [2.05, 4.69) is 13.0 Å². The van der Waals surface area contributed by atoms with Gasteiger partial charge in [-0.15, -0.1) is 0 Å². The quantitative estimate of drug-likeness (QED) is 0.561. The Morgan fingerprint density at radius 2 is 2.44 bits per heavy atom. The Morgan fingerprint density at radius 1 is 1.67 bits per heavy atom. The van der Waals surface area contributed by atoms with Crippen LogP contribution in [0.5, 0.6) is 0 Å². The molecule has 1 heteroatoms. The van der Waals surface area contributed by atoms with Gasteiger partial charge in [0.25, 0.3) is 0 Å². The van der Waals surface area contributed by atoms with Gasteiger partial charge in [-0.1, -0.05) is 36.7 Å². The molecule has 0 aromatic heterocycles. The first-order chi connectivity index (χ1) is 4.34. The topological polar surface area (TPSA) is 0 Å². The van der Waals surface area contributed by atoms with E-state index in [4.69, 9.17) is 11.6 Å². The van der Waals surface area contributed by atoms with Crippen molar-refractivity contribution in [3.63, 3.8) is 0 Å². The lowest BCUT2D eigenvalue weighted by atomic mass is 10.2. The molecule has 0 saturated heterocycles. The van der Waals surface area contributed by atoms with Gasteiger partial charge in [0.2, 0.25) is 0 Å². The Bertz CT molecular complexity index is 194. The highest BCUT2D eigenvalue weighted by Gasteiger charge is 1.92. The summed E-state index contributed by atoms with van der Waals surface area (Å²) in [6, 6.07) is 8.70. The summed E-state index contributed by atoms with van der Waals surface area (Å²) in [5, 5.41) is 0.750. The van der Waals surface area contributed by atoms with E-state index in [1.165, 1.54) is 5.56 Å². The molecule has 0 atom stereocenters. The monoisotopic (exact) mass is 139 g/mol. The largest absolute Gasteiger partial charge is 0.0834 e. The standard InChI is InChI=1S/C8H8Cl/c1-2-7-5-3-4-6-8(7)9/h3-5H,2H2,1H3. The molecule has 0 fully saturated rings. The van der Waals surface area contributed by atoms with Crippen molar-refractivity contribution in [1.82, 2.24) is 0 Å². The van der Waals surface area contributed by atoms with Gasteiger partial charge in [-0.25, -0.2) is 0 Å². The highest BCUT2D eigenvalue weighted by atomic mass is 35.5. The lowest BCUT2D eigenvalue weighted by molar-refractivity contribution is 1.14. The van der Waals surface area contributed by atoms with Crippen molar-refractivity contribution >= 4 is 11.6 Å². The molecule has 1 radical (unpaired) electrons. The second kappa shape index (κ2) is 2.88. The van der Waals surface area contributed by atoms with Gasteiger partial charge in [-0.3, -0.25) is 0 Å². The minimum Gasteiger partial charge on any atom is -0.0834 e. The van der Waals surface area contributed by atoms with Crippen LogP contribution in [0.15, 0.2) is 18.2 Å². The predicted molar refractivity (Wildman–Crippen MR) is 39.7 cm³/mol. The number of benzene rings is 1. The first-order valence-electron chi connectivity index (χ1n) is 2.99. The van der Waals surface area contributed by atoms with Crippen molar-refractivity contribution in [1.29, 1.82) is 0 Å². The molecule has 0 aliphatic rings. The first-order valence-corrected chi connectivity index (χ1v) is 3.37. The molecule has 0 aliphatic carbocycles. The van der Waals surface area contributed by atoms with Gasteiger partial charge < -0.3 is 0 Å². The third-order valence-corrected chi connectivity index (χ3v) is 1.62. The Kier molecular flexibility index (Phi) is 2.12. The van der Waals surface area contributed by atoms with Crippen LogP contribution in [0.1, 0.15) is 12.5 Å². The van der Waals surface area contributed by atoms with Gasteiger partial charge >= 0.3 is 0 Å². The summed E-state index contributed by atoms with van der Waals surface area (Å²) in [4.78, 5) is 0. The van der Waals surface area contributed by atoms with Gasteiger partial charge in [-0.05, 0) is 12.0 Å². The van der Waals surface area contributed by atoms with Crippen LogP contribution in [0.3, 0.4) is 0 Å². The van der Waals surface area contributed by atoms with Crippen LogP contribution < -0.4 is 0 Å². The Hall–Kier alpha value is -0.490. The lowest BCUT2D eigenvalue weighted by Gasteiger charge is -1.95. The fourth-order valence-electron chi connectivity index (χ4n) is 0.724. The molecule has 1 aromatic rings. The molecule has 0 unspecified atom stereocenters. The van der Waals surface area contributed by atoms with Crippen molar-refractivity contribution in [3.05, 3.63) is 34.9 Å². The van der Waals surface area contributed by atoms with E-state index in [9.17, 15) is 0 Å². The van der Waals surface area contributed by atoms with Crippen LogP contribution in [0.2, 0.25) is 5.02 Å². The van der Waals surface area contributed by atoms with Crippen LogP contribution in [0.4, 0.5) is 0 Å². The first kappa shape index (κ1) is 6.63. The fourth-order valence-corrected chi connectivity index (χ4v) is 0.984. The summed E-state index contributed by atoms with van der Waals surface area (Å²) in [7, 11) is 0. The van der Waals surface area contributed by atoms with Gasteiger partial charge in [0, 0.05) is 6.07 Å². The normalized spacial score (nSPS) is 9.56. The van der Waals surface area contributed by atoms with Crippen molar-refractivity contribution in [2.24, 2.45) is 0 Å². The zero-order valence-corrected chi connectivity index (χ0v) is 6.07. The van der Waals surface area contributed by atoms with E-state index in [0.717, 1.165) is 11.4 Å². The van der Waals surface area contributed by atoms with Gasteiger partial charge in [0.1, 0.15) is 0 Å². The van der Waals surface area contributed by atoms with Crippen LogP contribution in [0.25, 0.3) is 0 Å². The maximum atomic E-state index is 5.77. The third-order valence-electron chi connectivity index (χ3n) is 1.27. The van der Waals surface area contributed by atoms with E-state index in [1.54, 1.807) is 0 Å². The molecule has 0 heterocycles. The van der Waals surface area contributed by atoms with Gasteiger partial charge in [0.15, 0.2) is 0 Å². The SMILES string of the molecule is CCc1ccc[c]c1Cl. The van der Waals surface area contributed by atoms with Crippen molar-refractivity contribution in [2.75, 3.05) is 0 Å². The smallest absolute Gasteiger partial charge is 0.0516 e. The van der Waals surface area contributed by atoms with Crippen molar-refractivity contribution in [3.8, 4) is 0 Å². The Balaban J connectivity index is 3.01. The van der Waals surface area contributed by atoms with E-state index in [-0.39, 0.29) is 0 Å². The third kappa shape index (κ3) is 1.46. The maximum absolute atomic E-state index is 5.77. The van der Waals surface area contributed by atoms with Crippen LogP contribution in [0, 0.1) is 6.07 Å². The molecule has 0 N–H and O–H groups in total. The molecule has 0 amide bonds. The second-order valence-electron chi connectivity index (χ2n) is 1.86. The number of hydrogen-bond acceptors (Lipinski definition) is 0. The summed E-state index contributed by atoms with van der Waals surface area (Å²) in [5.74, 6) is 0. The summed E-state index contributed by atoms with van der Waals surface area (Å²) >= 11 is 5.77. The number of halogens is 1. The molecular formula is C8H8Cl. The number of hydrogen-bond donors (Lipinski definition) is 0. The molecule has 47 valence electrons. The zero-order chi connectivity index (χ0) is 6.69. The molecule has 1 aromatic carbocycles. The van der Waals surface area contributed by atoms with Crippen LogP contribution in [-0.4, -0.2) is 0 Å². The lowest BCUT2D eigenvalue weighted by Crippen LogP contribution is -1.78. The van der Waals surface area contributed by atoms with Crippen molar-refractivity contribution in [2.45, 2.75) is 13.3 Å². The predicted octanol–water partition coefficient (Wildman–Crippen LogP) is 2.70. The zero-order valence-electron chi connectivity index (χ0n) is 5.32. The number of aryl methyl sites for hydroxylation is 1. The number of rotatable bonds is 1. The summed E-state index contributed by atoms with van der Waals surface area (Å²) in [5.41, 5.74) is 1.17. The van der Waals surface area contributed by atoms with Crippen LogP contribution >= 0.6 is 11.6 Å². The maximum Gasteiger partial charge on any atom is 0.0516 e. The highest BCUT2D eigenvalue weighted by Crippen LogP contribution is 2.13. The second-order valence-corrected chi connectivity index (χ2v) is 2.24. The average Bonchev–Trinajstić information content (AvgIpc) is 1.89. The molecule has 0 saturated carbocycles. The Labute approximate surface area is 60.5 Å². The minimum absolute atomic E-state index is 0.750. The average molecular weight is 140 g/mol. The molecule has 0 aliphatic heterocycles. The molecule has 0 spiro atoms. The van der Waals surface area contributed by atoms with E-state index >= 15 is 0 Å². The molecule has 0 bridgehead atoms. The van der Waals surface area contributed by atoms with E-state index < -0.39 is 0 Å². The summed E-state index contributed by atoms with van der Waals surface area (Å²) < 4.78 is 0. The van der Waals surface area contributed by atoms with Gasteiger partial charge in [-0.2, -0.15) is 0 Å². The minimum atomic E-state index is 0.750. The molecular weight excluding hydrogens is 132 g/mol. The van der Waals surface area contributed by atoms with Crippen molar-refractivity contribution < 1.29 is 0 Å². The van der Waals surface area contributed by atoms with E-state index in [0.29, 0.717) is 0 Å². The summed E-state index contributed by atoms with van der Waals surface area (Å²) in [6.07, 6.45) is 0.982. The summed E-state index contributed by atoms with van der Waals surface area (Å²) in [6.45, 7) is 2.08. The molecule has 0 nitrogen and oxygen atoms in total. The molecule has 9 heavy (non-hydrogen) atoms. The molecule has 1 rings (SSSR count). The van der Waals surface area contributed by atoms with E-state index in [1.807, 2.05) is 18.2 Å². The fraction of sp³-hybridized carbons (Fsp3) is 0.250.